The highest BCUT2D eigenvalue weighted by atomic mass is 79.9. The standard InChI is InChI=1S/C17H19BrN2OS/c1-11-9-16(12(2)8-14(11)18)22-10-17(21)20-13(3)15-6-4-5-7-19-15/h4-9,13H,10H2,1-3H3,(H,20,21). The number of nitrogens with zero attached hydrogens (tertiary/aromatic N) is 1. The van der Waals surface area contributed by atoms with Gasteiger partial charge in [0.15, 0.2) is 0 Å². The fourth-order valence-electron chi connectivity index (χ4n) is 2.04. The number of hydrogen-bond donors (Lipinski definition) is 1. The van der Waals surface area contributed by atoms with Crippen LogP contribution in [-0.2, 0) is 4.79 Å². The average molecular weight is 379 g/mol. The summed E-state index contributed by atoms with van der Waals surface area (Å²) < 4.78 is 1.10. The number of amides is 1. The van der Waals surface area contributed by atoms with Crippen LogP contribution in [-0.4, -0.2) is 16.6 Å². The molecule has 1 aromatic carbocycles. The smallest absolute Gasteiger partial charge is 0.230 e. The number of nitrogens with one attached hydrogen (secondary N) is 1. The minimum Gasteiger partial charge on any atom is -0.347 e. The Morgan fingerprint density at radius 1 is 1.32 bits per heavy atom. The molecule has 1 heterocycles. The summed E-state index contributed by atoms with van der Waals surface area (Å²) in [6.07, 6.45) is 1.74. The van der Waals surface area contributed by atoms with E-state index in [1.807, 2.05) is 25.1 Å². The largest absolute Gasteiger partial charge is 0.347 e. The van der Waals surface area contributed by atoms with Gasteiger partial charge in [0.2, 0.25) is 5.91 Å². The van der Waals surface area contributed by atoms with Crippen molar-refractivity contribution in [2.24, 2.45) is 0 Å². The van der Waals surface area contributed by atoms with Gasteiger partial charge < -0.3 is 5.32 Å². The zero-order chi connectivity index (χ0) is 16.1. The SMILES string of the molecule is Cc1cc(SCC(=O)NC(C)c2ccccn2)c(C)cc1Br. The van der Waals surface area contributed by atoms with Gasteiger partial charge in [-0.3, -0.25) is 9.78 Å². The van der Waals surface area contributed by atoms with Gasteiger partial charge in [0, 0.05) is 15.6 Å². The molecule has 1 atom stereocenters. The Morgan fingerprint density at radius 3 is 2.77 bits per heavy atom. The van der Waals surface area contributed by atoms with Crippen molar-refractivity contribution in [3.05, 3.63) is 57.8 Å². The minimum atomic E-state index is -0.0814. The summed E-state index contributed by atoms with van der Waals surface area (Å²) in [6.45, 7) is 6.05. The van der Waals surface area contributed by atoms with E-state index in [9.17, 15) is 4.79 Å². The zero-order valence-electron chi connectivity index (χ0n) is 12.9. The lowest BCUT2D eigenvalue weighted by Gasteiger charge is -2.14. The Balaban J connectivity index is 1.92. The first kappa shape index (κ1) is 17.0. The minimum absolute atomic E-state index is 0.0168. The topological polar surface area (TPSA) is 42.0 Å². The highest BCUT2D eigenvalue weighted by Crippen LogP contribution is 2.28. The lowest BCUT2D eigenvalue weighted by molar-refractivity contribution is -0.119. The molecule has 2 aromatic rings. The van der Waals surface area contributed by atoms with Crippen LogP contribution in [0.15, 0.2) is 45.9 Å². The van der Waals surface area contributed by atoms with E-state index in [2.05, 4.69) is 52.2 Å². The van der Waals surface area contributed by atoms with Gasteiger partial charge in [-0.1, -0.05) is 22.0 Å². The summed E-state index contributed by atoms with van der Waals surface area (Å²) in [7, 11) is 0. The van der Waals surface area contributed by atoms with Crippen molar-refractivity contribution in [1.82, 2.24) is 10.3 Å². The number of aryl methyl sites for hydroxylation is 2. The summed E-state index contributed by atoms with van der Waals surface area (Å²) in [6, 6.07) is 9.83. The van der Waals surface area contributed by atoms with E-state index >= 15 is 0 Å². The van der Waals surface area contributed by atoms with Crippen LogP contribution in [0.5, 0.6) is 0 Å². The third kappa shape index (κ3) is 4.58. The van der Waals surface area contributed by atoms with Gasteiger partial charge in [-0.2, -0.15) is 0 Å². The summed E-state index contributed by atoms with van der Waals surface area (Å²) in [5.41, 5.74) is 3.22. The van der Waals surface area contributed by atoms with Crippen LogP contribution < -0.4 is 5.32 Å². The fraction of sp³-hybridized carbons (Fsp3) is 0.294. The van der Waals surface area contributed by atoms with Gasteiger partial charge in [-0.25, -0.2) is 0 Å². The maximum absolute atomic E-state index is 12.1. The molecule has 0 spiro atoms. The van der Waals surface area contributed by atoms with Crippen LogP contribution in [0.4, 0.5) is 0 Å². The Labute approximate surface area is 144 Å². The van der Waals surface area contributed by atoms with E-state index in [0.717, 1.165) is 15.1 Å². The lowest BCUT2D eigenvalue weighted by atomic mass is 10.2. The van der Waals surface area contributed by atoms with E-state index in [0.29, 0.717) is 5.75 Å². The molecule has 0 aliphatic rings. The predicted octanol–water partition coefficient (Wildman–Crippen LogP) is 4.43. The highest BCUT2D eigenvalue weighted by Gasteiger charge is 2.11. The number of halogens is 1. The van der Waals surface area contributed by atoms with Crippen LogP contribution >= 0.6 is 27.7 Å². The van der Waals surface area contributed by atoms with Crippen molar-refractivity contribution < 1.29 is 4.79 Å². The van der Waals surface area contributed by atoms with E-state index < -0.39 is 0 Å². The molecule has 5 heteroatoms. The highest BCUT2D eigenvalue weighted by molar-refractivity contribution is 9.10. The molecule has 0 bridgehead atoms. The number of rotatable bonds is 5. The summed E-state index contributed by atoms with van der Waals surface area (Å²) in [5.74, 6) is 0.419. The predicted molar refractivity (Wildman–Crippen MR) is 95.1 cm³/mol. The van der Waals surface area contributed by atoms with Gasteiger partial charge in [0.1, 0.15) is 0 Å². The van der Waals surface area contributed by atoms with Crippen molar-refractivity contribution in [2.75, 3.05) is 5.75 Å². The monoisotopic (exact) mass is 378 g/mol. The fourth-order valence-corrected chi connectivity index (χ4v) is 3.42. The Bertz CT molecular complexity index is 661. The van der Waals surface area contributed by atoms with Gasteiger partial charge in [0.25, 0.3) is 0 Å². The van der Waals surface area contributed by atoms with Crippen molar-refractivity contribution in [2.45, 2.75) is 31.7 Å². The summed E-state index contributed by atoms with van der Waals surface area (Å²) in [5, 5.41) is 2.98. The molecule has 116 valence electrons. The molecule has 1 unspecified atom stereocenters. The van der Waals surface area contributed by atoms with Crippen LogP contribution in [0.2, 0.25) is 0 Å². The Morgan fingerprint density at radius 2 is 2.09 bits per heavy atom. The second kappa shape index (κ2) is 7.79. The summed E-state index contributed by atoms with van der Waals surface area (Å²) in [4.78, 5) is 17.5. The number of carbonyl (C=O) groups excluding carboxylic acids is 1. The molecule has 0 radical (unpaired) electrons. The normalized spacial score (nSPS) is 12.0. The molecule has 0 aliphatic carbocycles. The zero-order valence-corrected chi connectivity index (χ0v) is 15.3. The van der Waals surface area contributed by atoms with Gasteiger partial charge >= 0.3 is 0 Å². The van der Waals surface area contributed by atoms with Crippen LogP contribution in [0.1, 0.15) is 29.8 Å². The van der Waals surface area contributed by atoms with E-state index in [1.54, 1.807) is 18.0 Å². The van der Waals surface area contributed by atoms with Crippen LogP contribution in [0.25, 0.3) is 0 Å². The maximum Gasteiger partial charge on any atom is 0.230 e. The molecule has 1 N–H and O–H groups in total. The van der Waals surface area contributed by atoms with Crippen LogP contribution in [0, 0.1) is 13.8 Å². The number of aromatic nitrogens is 1. The van der Waals surface area contributed by atoms with E-state index in [-0.39, 0.29) is 11.9 Å². The molecule has 0 fully saturated rings. The van der Waals surface area contributed by atoms with Crippen molar-refractivity contribution >= 4 is 33.6 Å². The Hall–Kier alpha value is -1.33. The first-order chi connectivity index (χ1) is 10.5. The molecule has 3 nitrogen and oxygen atoms in total. The van der Waals surface area contributed by atoms with Crippen LogP contribution in [0.3, 0.4) is 0 Å². The molecule has 0 saturated carbocycles. The number of pyridine rings is 1. The first-order valence-corrected chi connectivity index (χ1v) is 8.85. The molecular formula is C17H19BrN2OS. The second-order valence-electron chi connectivity index (χ2n) is 5.20. The molecule has 0 aliphatic heterocycles. The number of hydrogen-bond acceptors (Lipinski definition) is 3. The molecule has 1 amide bonds. The van der Waals surface area contributed by atoms with Gasteiger partial charge in [0.05, 0.1) is 17.5 Å². The molecule has 2 rings (SSSR count). The molecule has 22 heavy (non-hydrogen) atoms. The van der Waals surface area contributed by atoms with Crippen molar-refractivity contribution in [1.29, 1.82) is 0 Å². The lowest BCUT2D eigenvalue weighted by Crippen LogP contribution is -2.28. The third-order valence-electron chi connectivity index (χ3n) is 3.32. The summed E-state index contributed by atoms with van der Waals surface area (Å²) >= 11 is 5.09. The molecule has 0 saturated heterocycles. The quantitative estimate of drug-likeness (QED) is 0.782. The molecular weight excluding hydrogens is 360 g/mol. The van der Waals surface area contributed by atoms with Gasteiger partial charge in [-0.05, 0) is 56.2 Å². The maximum atomic E-state index is 12.1. The van der Waals surface area contributed by atoms with Crippen molar-refractivity contribution in [3.8, 4) is 0 Å². The number of thioether (sulfide) groups is 1. The van der Waals surface area contributed by atoms with Crippen molar-refractivity contribution in [3.63, 3.8) is 0 Å². The van der Waals surface area contributed by atoms with E-state index in [4.69, 9.17) is 0 Å². The van der Waals surface area contributed by atoms with Gasteiger partial charge in [-0.15, -0.1) is 11.8 Å². The number of carbonyl (C=O) groups is 1. The number of benzene rings is 1. The third-order valence-corrected chi connectivity index (χ3v) is 5.34. The van der Waals surface area contributed by atoms with E-state index in [1.165, 1.54) is 11.1 Å². The second-order valence-corrected chi connectivity index (χ2v) is 7.07. The molecule has 1 aromatic heterocycles. The average Bonchev–Trinajstić information content (AvgIpc) is 2.50. The first-order valence-electron chi connectivity index (χ1n) is 7.07. The Kier molecular flexibility index (Phi) is 6.03.